The van der Waals surface area contributed by atoms with Gasteiger partial charge in [0.05, 0.1) is 12.2 Å². The van der Waals surface area contributed by atoms with Crippen LogP contribution in [0.3, 0.4) is 0 Å². The molecule has 74 valence electrons. The summed E-state index contributed by atoms with van der Waals surface area (Å²) >= 11 is 0. The van der Waals surface area contributed by atoms with Gasteiger partial charge in [-0.15, -0.1) is 0 Å². The molecule has 2 rings (SSSR count). The summed E-state index contributed by atoms with van der Waals surface area (Å²) in [4.78, 5) is 10.9. The van der Waals surface area contributed by atoms with E-state index in [1.165, 1.54) is 11.1 Å². The molecule has 0 amide bonds. The van der Waals surface area contributed by atoms with Gasteiger partial charge in [-0.25, -0.2) is 0 Å². The Kier molecular flexibility index (Phi) is 2.28. The van der Waals surface area contributed by atoms with Crippen LogP contribution in [0.15, 0.2) is 12.1 Å². The highest BCUT2D eigenvalue weighted by Gasteiger charge is 2.18. The summed E-state index contributed by atoms with van der Waals surface area (Å²) in [7, 11) is 0. The molecule has 0 saturated carbocycles. The number of hydrogen-bond donors (Lipinski definition) is 0. The summed E-state index contributed by atoms with van der Waals surface area (Å²) in [6.45, 7) is 4.97. The van der Waals surface area contributed by atoms with Gasteiger partial charge in [-0.2, -0.15) is 0 Å². The molecule has 2 heteroatoms. The summed E-state index contributed by atoms with van der Waals surface area (Å²) in [5.41, 5.74) is 3.10. The van der Waals surface area contributed by atoms with Crippen LogP contribution in [0, 0.1) is 0 Å². The highest BCUT2D eigenvalue weighted by molar-refractivity contribution is 5.81. The first-order valence-electron chi connectivity index (χ1n) is 4.97. The molecule has 0 atom stereocenters. The van der Waals surface area contributed by atoms with E-state index in [-0.39, 0.29) is 0 Å². The van der Waals surface area contributed by atoms with Crippen molar-refractivity contribution in [3.8, 4) is 5.75 Å². The molecular weight excluding hydrogens is 176 g/mol. The third-order valence-corrected chi connectivity index (χ3v) is 2.63. The van der Waals surface area contributed by atoms with Crippen LogP contribution < -0.4 is 4.74 Å². The first-order chi connectivity index (χ1) is 6.72. The van der Waals surface area contributed by atoms with Gasteiger partial charge in [-0.05, 0) is 23.1 Å². The minimum atomic E-state index is 0.458. The summed E-state index contributed by atoms with van der Waals surface area (Å²) < 4.78 is 5.42. The monoisotopic (exact) mass is 190 g/mol. The Morgan fingerprint density at radius 2 is 2.21 bits per heavy atom. The fraction of sp³-hybridized carbons (Fsp3) is 0.417. The summed E-state index contributed by atoms with van der Waals surface area (Å²) in [6, 6.07) is 4.09. The number of rotatable bonds is 2. The molecule has 0 spiro atoms. The number of benzene rings is 1. The molecule has 0 aromatic heterocycles. The van der Waals surface area contributed by atoms with E-state index in [1.807, 2.05) is 6.07 Å². The van der Waals surface area contributed by atoms with Crippen molar-refractivity contribution >= 4 is 6.29 Å². The molecule has 1 aromatic rings. The van der Waals surface area contributed by atoms with E-state index in [9.17, 15) is 4.79 Å². The third-order valence-electron chi connectivity index (χ3n) is 2.63. The lowest BCUT2D eigenvalue weighted by Crippen LogP contribution is -1.94. The molecule has 1 aliphatic rings. The largest absolute Gasteiger partial charge is 0.492 e. The molecule has 1 aliphatic heterocycles. The lowest BCUT2D eigenvalue weighted by molar-refractivity contribution is 0.112. The Bertz CT molecular complexity index is 367. The predicted molar refractivity (Wildman–Crippen MR) is 55.1 cm³/mol. The van der Waals surface area contributed by atoms with Crippen molar-refractivity contribution in [2.75, 3.05) is 6.61 Å². The van der Waals surface area contributed by atoms with Crippen LogP contribution in [0.5, 0.6) is 5.75 Å². The van der Waals surface area contributed by atoms with Gasteiger partial charge < -0.3 is 4.74 Å². The van der Waals surface area contributed by atoms with Crippen LogP contribution >= 0.6 is 0 Å². The van der Waals surface area contributed by atoms with E-state index in [4.69, 9.17) is 4.74 Å². The number of carbonyl (C=O) groups is 1. The van der Waals surface area contributed by atoms with E-state index >= 15 is 0 Å². The zero-order valence-corrected chi connectivity index (χ0v) is 8.54. The highest BCUT2D eigenvalue weighted by Crippen LogP contribution is 2.32. The van der Waals surface area contributed by atoms with Gasteiger partial charge in [0.25, 0.3) is 0 Å². The van der Waals surface area contributed by atoms with Crippen molar-refractivity contribution in [1.29, 1.82) is 0 Å². The quantitative estimate of drug-likeness (QED) is 0.670. The second kappa shape index (κ2) is 3.45. The number of ether oxygens (including phenoxy) is 1. The van der Waals surface area contributed by atoms with Crippen molar-refractivity contribution in [1.82, 2.24) is 0 Å². The fourth-order valence-corrected chi connectivity index (χ4v) is 1.78. The first-order valence-corrected chi connectivity index (χ1v) is 4.97. The maximum absolute atomic E-state index is 10.9. The van der Waals surface area contributed by atoms with Crippen LogP contribution in [-0.2, 0) is 6.42 Å². The molecule has 1 heterocycles. The summed E-state index contributed by atoms with van der Waals surface area (Å²) in [6.07, 6.45) is 1.81. The van der Waals surface area contributed by atoms with E-state index in [2.05, 4.69) is 19.9 Å². The van der Waals surface area contributed by atoms with E-state index < -0.39 is 0 Å². The van der Waals surface area contributed by atoms with Crippen LogP contribution in [0.25, 0.3) is 0 Å². The molecule has 0 N–H and O–H groups in total. The maximum atomic E-state index is 10.9. The minimum Gasteiger partial charge on any atom is -0.492 e. The molecule has 1 aromatic carbocycles. The summed E-state index contributed by atoms with van der Waals surface area (Å²) in [5, 5.41) is 0. The smallest absolute Gasteiger partial charge is 0.153 e. The average Bonchev–Trinajstić information content (AvgIpc) is 2.63. The number of fused-ring (bicyclic) bond motifs is 1. The molecular formula is C12H14O2. The number of aldehydes is 1. The van der Waals surface area contributed by atoms with Gasteiger partial charge >= 0.3 is 0 Å². The standard InChI is InChI=1S/C12H14O2/c1-8(2)10-5-9-3-4-14-12(9)11(6-10)7-13/h5-8H,3-4H2,1-2H3. The van der Waals surface area contributed by atoms with Gasteiger partial charge in [0.15, 0.2) is 6.29 Å². The minimum absolute atomic E-state index is 0.458. The van der Waals surface area contributed by atoms with Gasteiger partial charge in [0, 0.05) is 6.42 Å². The Morgan fingerprint density at radius 3 is 2.86 bits per heavy atom. The Balaban J connectivity index is 2.54. The van der Waals surface area contributed by atoms with Crippen molar-refractivity contribution in [3.05, 3.63) is 28.8 Å². The fourth-order valence-electron chi connectivity index (χ4n) is 1.78. The number of hydrogen-bond acceptors (Lipinski definition) is 2. The zero-order valence-electron chi connectivity index (χ0n) is 8.54. The van der Waals surface area contributed by atoms with Crippen molar-refractivity contribution in [3.63, 3.8) is 0 Å². The van der Waals surface area contributed by atoms with Crippen LogP contribution in [0.1, 0.15) is 41.3 Å². The SMILES string of the molecule is CC(C)c1cc(C=O)c2c(c1)CCO2. The second-order valence-electron chi connectivity index (χ2n) is 3.97. The second-order valence-corrected chi connectivity index (χ2v) is 3.97. The topological polar surface area (TPSA) is 26.3 Å². The first kappa shape index (κ1) is 9.25. The molecule has 14 heavy (non-hydrogen) atoms. The Labute approximate surface area is 83.9 Å². The molecule has 0 saturated heterocycles. The lowest BCUT2D eigenvalue weighted by Gasteiger charge is -2.09. The van der Waals surface area contributed by atoms with Gasteiger partial charge in [0.1, 0.15) is 5.75 Å². The molecule has 0 radical (unpaired) electrons. The molecule has 0 unspecified atom stereocenters. The van der Waals surface area contributed by atoms with Crippen LogP contribution in [0.2, 0.25) is 0 Å². The lowest BCUT2D eigenvalue weighted by atomic mass is 9.97. The molecule has 0 aliphatic carbocycles. The Hall–Kier alpha value is -1.31. The van der Waals surface area contributed by atoms with E-state index in [0.717, 1.165) is 18.5 Å². The maximum Gasteiger partial charge on any atom is 0.153 e. The molecule has 2 nitrogen and oxygen atoms in total. The normalized spacial score (nSPS) is 13.9. The van der Waals surface area contributed by atoms with Gasteiger partial charge in [-0.3, -0.25) is 4.79 Å². The van der Waals surface area contributed by atoms with E-state index in [0.29, 0.717) is 18.1 Å². The third kappa shape index (κ3) is 1.41. The highest BCUT2D eigenvalue weighted by atomic mass is 16.5. The van der Waals surface area contributed by atoms with E-state index in [1.54, 1.807) is 0 Å². The van der Waals surface area contributed by atoms with Crippen molar-refractivity contribution in [2.24, 2.45) is 0 Å². The van der Waals surface area contributed by atoms with Crippen molar-refractivity contribution in [2.45, 2.75) is 26.2 Å². The predicted octanol–water partition coefficient (Wildman–Crippen LogP) is 2.56. The van der Waals surface area contributed by atoms with Crippen LogP contribution in [0.4, 0.5) is 0 Å². The molecule has 0 fully saturated rings. The zero-order chi connectivity index (χ0) is 10.1. The van der Waals surface area contributed by atoms with Crippen molar-refractivity contribution < 1.29 is 9.53 Å². The van der Waals surface area contributed by atoms with Gasteiger partial charge in [0.2, 0.25) is 0 Å². The summed E-state index contributed by atoms with van der Waals surface area (Å²) in [5.74, 6) is 1.25. The Morgan fingerprint density at radius 1 is 1.43 bits per heavy atom. The van der Waals surface area contributed by atoms with Crippen LogP contribution in [-0.4, -0.2) is 12.9 Å². The molecule has 0 bridgehead atoms. The van der Waals surface area contributed by atoms with Gasteiger partial charge in [-0.1, -0.05) is 19.9 Å². The average molecular weight is 190 g/mol. The number of carbonyl (C=O) groups excluding carboxylic acids is 1.